The quantitative estimate of drug-likeness (QED) is 0.754. The molecule has 1 aromatic heterocycles. The number of nitrogens with one attached hydrogen (secondary N) is 1. The number of unbranched alkanes of at least 4 members (excludes halogenated alkanes) is 1. The fraction of sp³-hybridized carbons (Fsp3) is 0.438. The molecule has 6 heteroatoms. The van der Waals surface area contributed by atoms with E-state index in [1.54, 1.807) is 12.1 Å². The zero-order valence-electron chi connectivity index (χ0n) is 12.6. The van der Waals surface area contributed by atoms with Crippen LogP contribution in [0.2, 0.25) is 5.02 Å². The largest absolute Gasteiger partial charge is 0.356 e. The lowest BCUT2D eigenvalue weighted by molar-refractivity contribution is -0.121. The highest BCUT2D eigenvalue weighted by atomic mass is 35.5. The van der Waals surface area contributed by atoms with Gasteiger partial charge in [-0.2, -0.15) is 4.98 Å². The zero-order chi connectivity index (χ0) is 15.8. The van der Waals surface area contributed by atoms with E-state index in [-0.39, 0.29) is 5.91 Å². The molecular weight excluding hydrogens is 302 g/mol. The minimum Gasteiger partial charge on any atom is -0.356 e. The second kappa shape index (κ2) is 8.54. The molecule has 0 unspecified atom stereocenters. The molecule has 0 aliphatic heterocycles. The van der Waals surface area contributed by atoms with Gasteiger partial charge in [0.1, 0.15) is 0 Å². The second-order valence-electron chi connectivity index (χ2n) is 5.08. The number of carbonyl (C=O) groups excluding carboxylic acids is 1. The van der Waals surface area contributed by atoms with Crippen LogP contribution in [0.15, 0.2) is 28.8 Å². The standard InChI is InChI=1S/C16H20ClN3O2/c1-2-3-11-18-14(21)5-4-6-15-19-16(20-22-15)12-7-9-13(17)10-8-12/h7-10H,2-6,11H2,1H3,(H,18,21). The van der Waals surface area contributed by atoms with Gasteiger partial charge in [0.15, 0.2) is 0 Å². The van der Waals surface area contributed by atoms with Gasteiger partial charge in [-0.05, 0) is 37.1 Å². The maximum absolute atomic E-state index is 11.6. The van der Waals surface area contributed by atoms with Gasteiger partial charge in [-0.3, -0.25) is 4.79 Å². The van der Waals surface area contributed by atoms with Crippen LogP contribution in [-0.4, -0.2) is 22.6 Å². The molecule has 118 valence electrons. The number of aromatic nitrogens is 2. The number of benzene rings is 1. The number of hydrogen-bond acceptors (Lipinski definition) is 4. The summed E-state index contributed by atoms with van der Waals surface area (Å²) in [5, 5.41) is 7.50. The first-order chi connectivity index (χ1) is 10.7. The van der Waals surface area contributed by atoms with Crippen LogP contribution in [0.1, 0.15) is 38.5 Å². The van der Waals surface area contributed by atoms with Crippen LogP contribution < -0.4 is 5.32 Å². The third-order valence-electron chi connectivity index (χ3n) is 3.22. The molecule has 1 heterocycles. The average Bonchev–Trinajstić information content (AvgIpc) is 2.97. The Balaban J connectivity index is 1.78. The molecule has 0 aliphatic carbocycles. The summed E-state index contributed by atoms with van der Waals surface area (Å²) in [6.07, 6.45) is 3.86. The fourth-order valence-corrected chi connectivity index (χ4v) is 2.09. The predicted molar refractivity (Wildman–Crippen MR) is 85.6 cm³/mol. The lowest BCUT2D eigenvalue weighted by Crippen LogP contribution is -2.23. The lowest BCUT2D eigenvalue weighted by atomic mass is 10.2. The molecule has 0 saturated heterocycles. The third-order valence-corrected chi connectivity index (χ3v) is 3.47. The maximum Gasteiger partial charge on any atom is 0.226 e. The van der Waals surface area contributed by atoms with Crippen molar-refractivity contribution in [2.75, 3.05) is 6.54 Å². The van der Waals surface area contributed by atoms with E-state index < -0.39 is 0 Å². The highest BCUT2D eigenvalue weighted by molar-refractivity contribution is 6.30. The Hall–Kier alpha value is -1.88. The van der Waals surface area contributed by atoms with E-state index in [1.807, 2.05) is 12.1 Å². The molecule has 22 heavy (non-hydrogen) atoms. The monoisotopic (exact) mass is 321 g/mol. The van der Waals surface area contributed by atoms with Gasteiger partial charge in [0.05, 0.1) is 0 Å². The second-order valence-corrected chi connectivity index (χ2v) is 5.51. The Morgan fingerprint density at radius 2 is 2.05 bits per heavy atom. The summed E-state index contributed by atoms with van der Waals surface area (Å²) in [6, 6.07) is 7.26. The fourth-order valence-electron chi connectivity index (χ4n) is 1.97. The van der Waals surface area contributed by atoms with Gasteiger partial charge in [-0.1, -0.05) is 30.1 Å². The SMILES string of the molecule is CCCCNC(=O)CCCc1nc(-c2ccc(Cl)cc2)no1. The van der Waals surface area contributed by atoms with Gasteiger partial charge in [-0.25, -0.2) is 0 Å². The minimum atomic E-state index is 0.0749. The molecule has 1 N–H and O–H groups in total. The summed E-state index contributed by atoms with van der Waals surface area (Å²) < 4.78 is 5.20. The topological polar surface area (TPSA) is 68.0 Å². The van der Waals surface area contributed by atoms with Crippen LogP contribution in [-0.2, 0) is 11.2 Å². The number of aryl methyl sites for hydroxylation is 1. The van der Waals surface area contributed by atoms with Crippen LogP contribution in [0.3, 0.4) is 0 Å². The maximum atomic E-state index is 11.6. The van der Waals surface area contributed by atoms with Crippen LogP contribution in [0.25, 0.3) is 11.4 Å². The highest BCUT2D eigenvalue weighted by Gasteiger charge is 2.09. The van der Waals surface area contributed by atoms with Crippen molar-refractivity contribution >= 4 is 17.5 Å². The van der Waals surface area contributed by atoms with Gasteiger partial charge < -0.3 is 9.84 Å². The first-order valence-electron chi connectivity index (χ1n) is 7.54. The molecule has 2 aromatic rings. The van der Waals surface area contributed by atoms with Crippen LogP contribution in [0.5, 0.6) is 0 Å². The van der Waals surface area contributed by atoms with E-state index in [0.717, 1.165) is 24.9 Å². The minimum absolute atomic E-state index is 0.0749. The molecule has 0 bridgehead atoms. The van der Waals surface area contributed by atoms with Crippen LogP contribution in [0, 0.1) is 0 Å². The van der Waals surface area contributed by atoms with Gasteiger partial charge >= 0.3 is 0 Å². The predicted octanol–water partition coefficient (Wildman–Crippen LogP) is 3.63. The van der Waals surface area contributed by atoms with E-state index in [1.165, 1.54) is 0 Å². The smallest absolute Gasteiger partial charge is 0.226 e. The van der Waals surface area contributed by atoms with E-state index in [4.69, 9.17) is 16.1 Å². The number of hydrogen-bond donors (Lipinski definition) is 1. The Morgan fingerprint density at radius 3 is 2.77 bits per heavy atom. The lowest BCUT2D eigenvalue weighted by Gasteiger charge is -2.02. The van der Waals surface area contributed by atoms with Crippen molar-refractivity contribution in [2.24, 2.45) is 0 Å². The van der Waals surface area contributed by atoms with E-state index >= 15 is 0 Å². The average molecular weight is 322 g/mol. The number of halogens is 1. The molecule has 1 amide bonds. The summed E-state index contributed by atoms with van der Waals surface area (Å²) in [5.74, 6) is 1.16. The van der Waals surface area contributed by atoms with Crippen molar-refractivity contribution < 1.29 is 9.32 Å². The molecule has 2 rings (SSSR count). The van der Waals surface area contributed by atoms with E-state index in [9.17, 15) is 4.79 Å². The number of amides is 1. The van der Waals surface area contributed by atoms with Crippen molar-refractivity contribution in [1.29, 1.82) is 0 Å². The zero-order valence-corrected chi connectivity index (χ0v) is 13.4. The van der Waals surface area contributed by atoms with Crippen molar-refractivity contribution in [3.05, 3.63) is 35.2 Å². The molecule has 0 spiro atoms. The molecule has 1 aromatic carbocycles. The Bertz CT molecular complexity index is 596. The first kappa shape index (κ1) is 16.5. The molecular formula is C16H20ClN3O2. The van der Waals surface area contributed by atoms with Gasteiger partial charge in [0.25, 0.3) is 0 Å². The summed E-state index contributed by atoms with van der Waals surface area (Å²) in [4.78, 5) is 15.9. The highest BCUT2D eigenvalue weighted by Crippen LogP contribution is 2.19. The van der Waals surface area contributed by atoms with Gasteiger partial charge in [0, 0.05) is 30.0 Å². The Labute approximate surface area is 135 Å². The normalized spacial score (nSPS) is 10.6. The van der Waals surface area contributed by atoms with Gasteiger partial charge in [0.2, 0.25) is 17.6 Å². The van der Waals surface area contributed by atoms with Crippen LogP contribution >= 0.6 is 11.6 Å². The molecule has 0 radical (unpaired) electrons. The summed E-state index contributed by atoms with van der Waals surface area (Å²) in [7, 11) is 0. The first-order valence-corrected chi connectivity index (χ1v) is 7.92. The molecule has 0 saturated carbocycles. The van der Waals surface area contributed by atoms with Crippen molar-refractivity contribution in [1.82, 2.24) is 15.5 Å². The van der Waals surface area contributed by atoms with Gasteiger partial charge in [-0.15, -0.1) is 0 Å². The van der Waals surface area contributed by atoms with E-state index in [2.05, 4.69) is 22.4 Å². The van der Waals surface area contributed by atoms with Crippen molar-refractivity contribution in [3.8, 4) is 11.4 Å². The summed E-state index contributed by atoms with van der Waals surface area (Å²) >= 11 is 5.85. The summed E-state index contributed by atoms with van der Waals surface area (Å²) in [6.45, 7) is 2.84. The number of rotatable bonds is 8. The van der Waals surface area contributed by atoms with Crippen LogP contribution in [0.4, 0.5) is 0 Å². The molecule has 0 fully saturated rings. The third kappa shape index (κ3) is 5.15. The molecule has 0 aliphatic rings. The Kier molecular flexibility index (Phi) is 6.40. The number of nitrogens with zero attached hydrogens (tertiary/aromatic N) is 2. The molecule has 0 atom stereocenters. The Morgan fingerprint density at radius 1 is 1.27 bits per heavy atom. The van der Waals surface area contributed by atoms with Crippen molar-refractivity contribution in [3.63, 3.8) is 0 Å². The molecule has 5 nitrogen and oxygen atoms in total. The summed E-state index contributed by atoms with van der Waals surface area (Å²) in [5.41, 5.74) is 0.858. The van der Waals surface area contributed by atoms with E-state index in [0.29, 0.717) is 36.0 Å². The van der Waals surface area contributed by atoms with Crippen molar-refractivity contribution in [2.45, 2.75) is 39.0 Å². The number of carbonyl (C=O) groups is 1.